The van der Waals surface area contributed by atoms with Gasteiger partial charge in [-0.3, -0.25) is 4.90 Å². The Labute approximate surface area is 138 Å². The zero-order valence-electron chi connectivity index (χ0n) is 12.7. The molecule has 118 valence electrons. The smallest absolute Gasteiger partial charge is 0.123 e. The van der Waals surface area contributed by atoms with Crippen LogP contribution in [0.25, 0.3) is 10.2 Å². The Morgan fingerprint density at radius 1 is 1.22 bits per heavy atom. The highest BCUT2D eigenvalue weighted by Crippen LogP contribution is 2.28. The van der Waals surface area contributed by atoms with Crippen molar-refractivity contribution in [3.63, 3.8) is 0 Å². The highest BCUT2D eigenvalue weighted by molar-refractivity contribution is 7.18. The molecule has 1 N–H and O–H groups in total. The Kier molecular flexibility index (Phi) is 4.08. The Hall–Kier alpha value is -1.82. The van der Waals surface area contributed by atoms with Crippen molar-refractivity contribution in [3.8, 4) is 0 Å². The summed E-state index contributed by atoms with van der Waals surface area (Å²) in [6, 6.07) is 15.3. The number of rotatable bonds is 3. The quantitative estimate of drug-likeness (QED) is 0.797. The van der Waals surface area contributed by atoms with E-state index in [1.54, 1.807) is 23.5 Å². The zero-order valence-corrected chi connectivity index (χ0v) is 13.5. The van der Waals surface area contributed by atoms with Crippen LogP contribution in [0.15, 0.2) is 48.5 Å². The lowest BCUT2D eigenvalue weighted by Crippen LogP contribution is -2.45. The monoisotopic (exact) mass is 327 g/mol. The van der Waals surface area contributed by atoms with E-state index >= 15 is 0 Å². The predicted octanol–water partition coefficient (Wildman–Crippen LogP) is 3.58. The maximum Gasteiger partial charge on any atom is 0.123 e. The number of hydrogen-bond donors (Lipinski definition) is 1. The van der Waals surface area contributed by atoms with Crippen molar-refractivity contribution < 1.29 is 4.39 Å². The standard InChI is InChI=1S/C18H18FN3S/c19-14-5-3-4-13(10-14)16-11-20-8-9-22(16)12-18-21-15-6-1-2-7-17(15)23-18/h1-7,10,16,20H,8-9,11-12H2. The number of para-hydroxylation sites is 1. The molecule has 3 aromatic rings. The van der Waals surface area contributed by atoms with Crippen LogP contribution in [-0.2, 0) is 6.54 Å². The number of hydrogen-bond acceptors (Lipinski definition) is 4. The van der Waals surface area contributed by atoms with Crippen LogP contribution in [-0.4, -0.2) is 29.5 Å². The molecule has 0 bridgehead atoms. The Morgan fingerprint density at radius 2 is 2.13 bits per heavy atom. The first-order valence-electron chi connectivity index (χ1n) is 7.84. The fourth-order valence-electron chi connectivity index (χ4n) is 3.14. The third kappa shape index (κ3) is 3.13. The van der Waals surface area contributed by atoms with Crippen LogP contribution < -0.4 is 5.32 Å². The summed E-state index contributed by atoms with van der Waals surface area (Å²) in [5, 5.41) is 4.53. The molecule has 2 aromatic carbocycles. The number of aromatic nitrogens is 1. The minimum absolute atomic E-state index is 0.173. The normalized spacial score (nSPS) is 19.3. The third-order valence-corrected chi connectivity index (χ3v) is 5.29. The van der Waals surface area contributed by atoms with Crippen LogP contribution in [0.1, 0.15) is 16.6 Å². The summed E-state index contributed by atoms with van der Waals surface area (Å²) in [7, 11) is 0. The molecule has 0 aliphatic carbocycles. The molecule has 5 heteroatoms. The summed E-state index contributed by atoms with van der Waals surface area (Å²) in [5.74, 6) is -0.173. The van der Waals surface area contributed by atoms with Crippen LogP contribution >= 0.6 is 11.3 Å². The number of nitrogens with zero attached hydrogens (tertiary/aromatic N) is 2. The van der Waals surface area contributed by atoms with Crippen LogP contribution in [0.3, 0.4) is 0 Å². The molecule has 1 fully saturated rings. The highest BCUT2D eigenvalue weighted by Gasteiger charge is 2.25. The maximum atomic E-state index is 13.6. The van der Waals surface area contributed by atoms with Gasteiger partial charge in [-0.15, -0.1) is 11.3 Å². The van der Waals surface area contributed by atoms with Crippen LogP contribution in [0.4, 0.5) is 4.39 Å². The molecule has 2 heterocycles. The van der Waals surface area contributed by atoms with Crippen LogP contribution in [0, 0.1) is 5.82 Å². The molecule has 0 amide bonds. The predicted molar refractivity (Wildman–Crippen MR) is 92.0 cm³/mol. The van der Waals surface area contributed by atoms with Gasteiger partial charge < -0.3 is 5.32 Å². The SMILES string of the molecule is Fc1cccc(C2CNCCN2Cc2nc3ccccc3s2)c1. The van der Waals surface area contributed by atoms with Gasteiger partial charge >= 0.3 is 0 Å². The van der Waals surface area contributed by atoms with Gasteiger partial charge in [-0.1, -0.05) is 24.3 Å². The second kappa shape index (κ2) is 6.35. The van der Waals surface area contributed by atoms with Crippen LogP contribution in [0.5, 0.6) is 0 Å². The second-order valence-electron chi connectivity index (χ2n) is 5.82. The molecule has 1 aliphatic rings. The van der Waals surface area contributed by atoms with E-state index in [1.165, 1.54) is 10.8 Å². The van der Waals surface area contributed by atoms with Gasteiger partial charge in [0.15, 0.2) is 0 Å². The largest absolute Gasteiger partial charge is 0.314 e. The lowest BCUT2D eigenvalue weighted by molar-refractivity contribution is 0.153. The molecule has 1 aliphatic heterocycles. The molecule has 23 heavy (non-hydrogen) atoms. The summed E-state index contributed by atoms with van der Waals surface area (Å²) in [6.45, 7) is 3.55. The molecular weight excluding hydrogens is 309 g/mol. The number of piperazine rings is 1. The minimum atomic E-state index is -0.173. The van der Waals surface area contributed by atoms with Gasteiger partial charge in [-0.2, -0.15) is 0 Å². The average Bonchev–Trinajstić information content (AvgIpc) is 2.97. The van der Waals surface area contributed by atoms with Crippen molar-refractivity contribution >= 4 is 21.6 Å². The van der Waals surface area contributed by atoms with Gasteiger partial charge in [-0.05, 0) is 29.8 Å². The molecule has 3 nitrogen and oxygen atoms in total. The highest BCUT2D eigenvalue weighted by atomic mass is 32.1. The summed E-state index contributed by atoms with van der Waals surface area (Å²) < 4.78 is 14.8. The van der Waals surface area contributed by atoms with Gasteiger partial charge in [0, 0.05) is 25.7 Å². The second-order valence-corrected chi connectivity index (χ2v) is 6.94. The van der Waals surface area contributed by atoms with Gasteiger partial charge in [0.2, 0.25) is 0 Å². The van der Waals surface area contributed by atoms with Crippen molar-refractivity contribution in [1.82, 2.24) is 15.2 Å². The van der Waals surface area contributed by atoms with E-state index in [0.29, 0.717) is 0 Å². The van der Waals surface area contributed by atoms with E-state index in [1.807, 2.05) is 18.2 Å². The van der Waals surface area contributed by atoms with E-state index in [9.17, 15) is 4.39 Å². The average molecular weight is 327 g/mol. The lowest BCUT2D eigenvalue weighted by atomic mass is 10.0. The summed E-state index contributed by atoms with van der Waals surface area (Å²) in [4.78, 5) is 7.13. The Morgan fingerprint density at radius 3 is 3.00 bits per heavy atom. The molecular formula is C18H18FN3S. The van der Waals surface area contributed by atoms with E-state index < -0.39 is 0 Å². The number of fused-ring (bicyclic) bond motifs is 1. The maximum absolute atomic E-state index is 13.6. The van der Waals surface area contributed by atoms with Crippen LogP contribution in [0.2, 0.25) is 0 Å². The fraction of sp³-hybridized carbons (Fsp3) is 0.278. The number of nitrogens with one attached hydrogen (secondary N) is 1. The van der Waals surface area contributed by atoms with E-state index in [0.717, 1.165) is 42.3 Å². The third-order valence-electron chi connectivity index (χ3n) is 4.26. The van der Waals surface area contributed by atoms with Gasteiger partial charge in [0.1, 0.15) is 10.8 Å². The molecule has 0 saturated carbocycles. The van der Waals surface area contributed by atoms with Gasteiger partial charge in [-0.25, -0.2) is 9.37 Å². The van der Waals surface area contributed by atoms with E-state index in [2.05, 4.69) is 22.3 Å². The minimum Gasteiger partial charge on any atom is -0.314 e. The van der Waals surface area contributed by atoms with E-state index in [4.69, 9.17) is 4.98 Å². The van der Waals surface area contributed by atoms with Gasteiger partial charge in [0.05, 0.1) is 16.8 Å². The molecule has 0 spiro atoms. The molecule has 0 radical (unpaired) electrons. The Balaban J connectivity index is 1.60. The zero-order chi connectivity index (χ0) is 15.6. The topological polar surface area (TPSA) is 28.2 Å². The summed E-state index contributed by atoms with van der Waals surface area (Å²) in [5.41, 5.74) is 2.09. The molecule has 1 saturated heterocycles. The molecule has 1 atom stereocenters. The first-order chi connectivity index (χ1) is 11.3. The summed E-state index contributed by atoms with van der Waals surface area (Å²) >= 11 is 1.74. The number of halogens is 1. The molecule has 4 rings (SSSR count). The fourth-order valence-corrected chi connectivity index (χ4v) is 4.13. The number of thiazole rings is 1. The van der Waals surface area contributed by atoms with Crippen molar-refractivity contribution in [2.75, 3.05) is 19.6 Å². The number of benzene rings is 2. The lowest BCUT2D eigenvalue weighted by Gasteiger charge is -2.36. The van der Waals surface area contributed by atoms with Crippen molar-refractivity contribution in [2.45, 2.75) is 12.6 Å². The van der Waals surface area contributed by atoms with Crippen molar-refractivity contribution in [3.05, 3.63) is 64.9 Å². The summed E-state index contributed by atoms with van der Waals surface area (Å²) in [6.07, 6.45) is 0. The van der Waals surface area contributed by atoms with Crippen molar-refractivity contribution in [1.29, 1.82) is 0 Å². The van der Waals surface area contributed by atoms with Crippen molar-refractivity contribution in [2.24, 2.45) is 0 Å². The van der Waals surface area contributed by atoms with E-state index in [-0.39, 0.29) is 11.9 Å². The Bertz CT molecular complexity index is 784. The first kappa shape index (κ1) is 14.8. The first-order valence-corrected chi connectivity index (χ1v) is 8.66. The van der Waals surface area contributed by atoms with Gasteiger partial charge in [0.25, 0.3) is 0 Å². The molecule has 1 unspecified atom stereocenters. The molecule has 1 aromatic heterocycles.